The Balaban J connectivity index is 4.80. The third-order valence-corrected chi connectivity index (χ3v) is 2.14. The van der Waals surface area contributed by atoms with E-state index in [0.29, 0.717) is 0 Å². The van der Waals surface area contributed by atoms with Gasteiger partial charge in [0.2, 0.25) is 0 Å². The van der Waals surface area contributed by atoms with Crippen LogP contribution in [-0.2, 0) is 9.59 Å². The first kappa shape index (κ1) is 16.5. The predicted molar refractivity (Wildman–Crippen MR) is 63.5 cm³/mol. The molecule has 4 N–H and O–H groups in total. The lowest BCUT2D eigenvalue weighted by Gasteiger charge is -2.21. The van der Waals surface area contributed by atoms with E-state index in [2.05, 4.69) is 20.9 Å². The van der Waals surface area contributed by atoms with Gasteiger partial charge in [0.05, 0.1) is 0 Å². The summed E-state index contributed by atoms with van der Waals surface area (Å²) >= 11 is 0. The largest absolute Gasteiger partial charge is 0.376 e. The molecule has 0 unspecified atom stereocenters. The quantitative estimate of drug-likeness (QED) is 0.366. The third-order valence-electron chi connectivity index (χ3n) is 2.14. The summed E-state index contributed by atoms with van der Waals surface area (Å²) in [5.41, 5.74) is -2.39. The lowest BCUT2D eigenvalue weighted by molar-refractivity contribution is -0.128. The van der Waals surface area contributed by atoms with Gasteiger partial charge in [-0.25, -0.2) is 0 Å². The fraction of sp³-hybridized carbons (Fsp3) is 0.800. The second-order valence-corrected chi connectivity index (χ2v) is 4.65. The zero-order valence-corrected chi connectivity index (χ0v) is 11.0. The monoisotopic (exact) mass is 260 g/mol. The molecule has 8 nitrogen and oxygen atoms in total. The average Bonchev–Trinajstić information content (AvgIpc) is 2.27. The van der Waals surface area contributed by atoms with Gasteiger partial charge in [0.15, 0.2) is 11.1 Å². The van der Waals surface area contributed by atoms with Gasteiger partial charge in [0, 0.05) is 0 Å². The van der Waals surface area contributed by atoms with Crippen molar-refractivity contribution in [2.24, 2.45) is 10.2 Å². The molecule has 8 heteroatoms. The van der Waals surface area contributed by atoms with Gasteiger partial charge in [-0.1, -0.05) is 0 Å². The third kappa shape index (κ3) is 4.76. The Morgan fingerprint density at radius 3 is 1.39 bits per heavy atom. The van der Waals surface area contributed by atoms with E-state index in [1.165, 1.54) is 27.7 Å². The van der Waals surface area contributed by atoms with Gasteiger partial charge in [-0.3, -0.25) is 9.59 Å². The minimum Gasteiger partial charge on any atom is -0.376 e. The van der Waals surface area contributed by atoms with Crippen LogP contribution in [0.3, 0.4) is 0 Å². The highest BCUT2D eigenvalue weighted by Crippen LogP contribution is 2.16. The van der Waals surface area contributed by atoms with Crippen molar-refractivity contribution in [2.45, 2.75) is 38.8 Å². The van der Waals surface area contributed by atoms with Gasteiger partial charge in [0.1, 0.15) is 13.5 Å². The maximum atomic E-state index is 11.5. The maximum Gasteiger partial charge on any atom is 0.251 e. The summed E-state index contributed by atoms with van der Waals surface area (Å²) in [7, 11) is 0. The van der Waals surface area contributed by atoms with Crippen LogP contribution in [0.1, 0.15) is 27.7 Å². The van der Waals surface area contributed by atoms with E-state index < -0.39 is 36.4 Å². The summed E-state index contributed by atoms with van der Waals surface area (Å²) in [5.74, 6) is -1.01. The number of azo groups is 1. The van der Waals surface area contributed by atoms with Gasteiger partial charge >= 0.3 is 0 Å². The molecule has 0 aromatic rings. The lowest BCUT2D eigenvalue weighted by atomic mass is 10.1. The fourth-order valence-electron chi connectivity index (χ4n) is 0.917. The number of hydrogen-bond acceptors (Lipinski definition) is 6. The van der Waals surface area contributed by atoms with E-state index in [0.717, 1.165) is 0 Å². The Bertz CT molecular complexity index is 307. The Hall–Kier alpha value is -1.54. The van der Waals surface area contributed by atoms with Crippen LogP contribution in [-0.4, -0.2) is 46.6 Å². The summed E-state index contributed by atoms with van der Waals surface area (Å²) in [6.45, 7) is 5.02. The molecule has 0 spiro atoms. The molecular formula is C10H20N4O4. The molecule has 0 atom stereocenters. The minimum atomic E-state index is -1.19. The number of hydrogen-bond donors (Lipinski definition) is 4. The van der Waals surface area contributed by atoms with Gasteiger partial charge < -0.3 is 20.8 Å². The first-order chi connectivity index (χ1) is 8.17. The number of rotatable bonds is 6. The number of nitrogens with zero attached hydrogens (tertiary/aromatic N) is 2. The summed E-state index contributed by atoms with van der Waals surface area (Å²) in [5, 5.41) is 29.2. The average molecular weight is 260 g/mol. The van der Waals surface area contributed by atoms with E-state index in [-0.39, 0.29) is 0 Å². The Kier molecular flexibility index (Phi) is 5.86. The van der Waals surface area contributed by atoms with Crippen molar-refractivity contribution in [1.29, 1.82) is 0 Å². The normalized spacial score (nSPS) is 12.6. The zero-order valence-electron chi connectivity index (χ0n) is 11.0. The Labute approximate surface area is 105 Å². The minimum absolute atomic E-state index is 0.494. The molecule has 0 rings (SSSR count). The molecule has 0 aliphatic heterocycles. The van der Waals surface area contributed by atoms with Crippen molar-refractivity contribution in [3.05, 3.63) is 0 Å². The highest BCUT2D eigenvalue weighted by molar-refractivity contribution is 5.86. The zero-order chi connectivity index (χ0) is 14.4. The highest BCUT2D eigenvalue weighted by atomic mass is 16.3. The molecule has 0 aromatic carbocycles. The second-order valence-electron chi connectivity index (χ2n) is 4.65. The number of aliphatic hydroxyl groups is 2. The molecule has 0 radical (unpaired) electrons. The number of aliphatic hydroxyl groups excluding tert-OH is 2. The molecule has 104 valence electrons. The summed E-state index contributed by atoms with van der Waals surface area (Å²) in [4.78, 5) is 23.0. The standard InChI is InChI=1S/C10H20N4O4/c1-9(2,7(17)11-5-15)13-14-10(3,4)8(18)12-6-16/h15-16H,5-6H2,1-4H3,(H,11,17)(H,12,18). The number of carbonyl (C=O) groups is 2. The first-order valence-electron chi connectivity index (χ1n) is 5.40. The second kappa shape index (κ2) is 6.41. The van der Waals surface area contributed by atoms with E-state index in [1.807, 2.05) is 0 Å². The van der Waals surface area contributed by atoms with Crippen LogP contribution < -0.4 is 10.6 Å². The molecule has 0 aromatic heterocycles. The van der Waals surface area contributed by atoms with Crippen LogP contribution in [0.2, 0.25) is 0 Å². The summed E-state index contributed by atoms with van der Waals surface area (Å²) < 4.78 is 0. The molecule has 2 amide bonds. The van der Waals surface area contributed by atoms with Crippen molar-refractivity contribution in [3.8, 4) is 0 Å². The number of amides is 2. The van der Waals surface area contributed by atoms with E-state index in [4.69, 9.17) is 10.2 Å². The molecule has 18 heavy (non-hydrogen) atoms. The van der Waals surface area contributed by atoms with Crippen molar-refractivity contribution in [2.75, 3.05) is 13.5 Å². The van der Waals surface area contributed by atoms with Crippen LogP contribution in [0.5, 0.6) is 0 Å². The molecule has 0 saturated heterocycles. The smallest absolute Gasteiger partial charge is 0.251 e. The molecule has 0 fully saturated rings. The van der Waals surface area contributed by atoms with Crippen molar-refractivity contribution in [3.63, 3.8) is 0 Å². The van der Waals surface area contributed by atoms with E-state index in [9.17, 15) is 9.59 Å². The molecule has 0 saturated carbocycles. The first-order valence-corrected chi connectivity index (χ1v) is 5.40. The van der Waals surface area contributed by atoms with Crippen LogP contribution in [0.25, 0.3) is 0 Å². The van der Waals surface area contributed by atoms with Crippen LogP contribution >= 0.6 is 0 Å². The van der Waals surface area contributed by atoms with Crippen LogP contribution in [0.4, 0.5) is 0 Å². The Morgan fingerprint density at radius 2 is 1.17 bits per heavy atom. The topological polar surface area (TPSA) is 123 Å². The number of nitrogens with one attached hydrogen (secondary N) is 2. The van der Waals surface area contributed by atoms with Crippen molar-refractivity contribution >= 4 is 11.8 Å². The van der Waals surface area contributed by atoms with Gasteiger partial charge in [-0.15, -0.1) is 0 Å². The maximum absolute atomic E-state index is 11.5. The summed E-state index contributed by atoms with van der Waals surface area (Å²) in [6, 6.07) is 0. The highest BCUT2D eigenvalue weighted by Gasteiger charge is 2.31. The SMILES string of the molecule is CC(C)(N=NC(C)(C)C(=O)NCO)C(=O)NCO. The predicted octanol–water partition coefficient (Wildman–Crippen LogP) is -0.872. The fourth-order valence-corrected chi connectivity index (χ4v) is 0.917. The molecule has 0 aliphatic carbocycles. The molecule has 0 bridgehead atoms. The summed E-state index contributed by atoms with van der Waals surface area (Å²) in [6.07, 6.45) is 0. The molecule has 0 heterocycles. The van der Waals surface area contributed by atoms with Gasteiger partial charge in [0.25, 0.3) is 11.8 Å². The van der Waals surface area contributed by atoms with Gasteiger partial charge in [-0.2, -0.15) is 10.2 Å². The van der Waals surface area contributed by atoms with Gasteiger partial charge in [-0.05, 0) is 27.7 Å². The molecule has 0 aliphatic rings. The van der Waals surface area contributed by atoms with Crippen molar-refractivity contribution < 1.29 is 19.8 Å². The van der Waals surface area contributed by atoms with E-state index in [1.54, 1.807) is 0 Å². The van der Waals surface area contributed by atoms with Crippen LogP contribution in [0.15, 0.2) is 10.2 Å². The van der Waals surface area contributed by atoms with E-state index >= 15 is 0 Å². The number of carbonyl (C=O) groups excluding carboxylic acids is 2. The lowest BCUT2D eigenvalue weighted by Crippen LogP contribution is -2.43. The Morgan fingerprint density at radius 1 is 0.889 bits per heavy atom. The van der Waals surface area contributed by atoms with Crippen LogP contribution in [0, 0.1) is 0 Å². The molecular weight excluding hydrogens is 240 g/mol. The van der Waals surface area contributed by atoms with Crippen molar-refractivity contribution in [1.82, 2.24) is 10.6 Å².